The summed E-state index contributed by atoms with van der Waals surface area (Å²) in [7, 11) is 0. The molecule has 3 nitrogen and oxygen atoms in total. The van der Waals surface area contributed by atoms with E-state index in [1.165, 1.54) is 0 Å². The second-order valence-electron chi connectivity index (χ2n) is 3.36. The zero-order valence-electron chi connectivity index (χ0n) is 8.86. The summed E-state index contributed by atoms with van der Waals surface area (Å²) in [5, 5.41) is 0.918. The summed E-state index contributed by atoms with van der Waals surface area (Å²) in [6.45, 7) is 0.435. The Labute approximate surface area is 109 Å². The summed E-state index contributed by atoms with van der Waals surface area (Å²) in [5.41, 5.74) is 6.45. The van der Waals surface area contributed by atoms with Crippen molar-refractivity contribution in [2.24, 2.45) is 5.73 Å². The van der Waals surface area contributed by atoms with Gasteiger partial charge in [-0.2, -0.15) is 0 Å². The van der Waals surface area contributed by atoms with Crippen LogP contribution < -0.4 is 10.5 Å². The van der Waals surface area contributed by atoms with Crippen molar-refractivity contribution in [2.75, 3.05) is 0 Å². The third kappa shape index (κ3) is 2.88. The molecular weight excluding hydrogens is 259 g/mol. The second-order valence-corrected chi connectivity index (χ2v) is 4.18. The Morgan fingerprint density at radius 3 is 2.65 bits per heavy atom. The Morgan fingerprint density at radius 2 is 2.00 bits per heavy atom. The molecule has 2 N–H and O–H groups in total. The molecule has 0 atom stereocenters. The van der Waals surface area contributed by atoms with Crippen molar-refractivity contribution in [1.29, 1.82) is 0 Å². The molecule has 5 heteroatoms. The predicted octanol–water partition coefficient (Wildman–Crippen LogP) is 3.64. The predicted molar refractivity (Wildman–Crippen MR) is 68.7 cm³/mol. The minimum Gasteiger partial charge on any atom is -0.436 e. The van der Waals surface area contributed by atoms with Crippen molar-refractivity contribution in [2.45, 2.75) is 6.54 Å². The van der Waals surface area contributed by atoms with E-state index in [0.29, 0.717) is 28.2 Å². The summed E-state index contributed by atoms with van der Waals surface area (Å²) in [4.78, 5) is 4.02. The third-order valence-corrected chi connectivity index (χ3v) is 2.75. The SMILES string of the molecule is NCc1ccc(Oc2ncccc2Cl)c(Cl)c1. The molecule has 0 bridgehead atoms. The lowest BCUT2D eigenvalue weighted by molar-refractivity contribution is 0.463. The van der Waals surface area contributed by atoms with E-state index in [1.54, 1.807) is 30.5 Å². The van der Waals surface area contributed by atoms with Crippen molar-refractivity contribution >= 4 is 23.2 Å². The Bertz CT molecular complexity index is 532. The minimum atomic E-state index is 0.330. The number of nitrogens with two attached hydrogens (primary N) is 1. The molecule has 0 unspecified atom stereocenters. The van der Waals surface area contributed by atoms with Crippen LogP contribution in [0.4, 0.5) is 0 Å². The summed E-state index contributed by atoms with van der Waals surface area (Å²) in [6, 6.07) is 8.78. The highest BCUT2D eigenvalue weighted by molar-refractivity contribution is 6.32. The topological polar surface area (TPSA) is 48.1 Å². The zero-order valence-corrected chi connectivity index (χ0v) is 10.4. The third-order valence-electron chi connectivity index (χ3n) is 2.16. The van der Waals surface area contributed by atoms with E-state index >= 15 is 0 Å². The van der Waals surface area contributed by atoms with Crippen LogP contribution in [0.1, 0.15) is 5.56 Å². The molecule has 0 spiro atoms. The first-order valence-corrected chi connectivity index (χ1v) is 5.73. The van der Waals surface area contributed by atoms with Crippen molar-refractivity contribution in [1.82, 2.24) is 4.98 Å². The number of halogens is 2. The average molecular weight is 269 g/mol. The van der Waals surface area contributed by atoms with Gasteiger partial charge in [0, 0.05) is 12.7 Å². The number of pyridine rings is 1. The van der Waals surface area contributed by atoms with Crippen molar-refractivity contribution in [3.05, 3.63) is 52.1 Å². The minimum absolute atomic E-state index is 0.330. The van der Waals surface area contributed by atoms with Crippen molar-refractivity contribution in [3.63, 3.8) is 0 Å². The smallest absolute Gasteiger partial charge is 0.238 e. The molecule has 0 fully saturated rings. The van der Waals surface area contributed by atoms with E-state index in [-0.39, 0.29) is 0 Å². The molecule has 17 heavy (non-hydrogen) atoms. The fraction of sp³-hybridized carbons (Fsp3) is 0.0833. The first-order valence-electron chi connectivity index (χ1n) is 4.97. The molecule has 0 amide bonds. The van der Waals surface area contributed by atoms with Gasteiger partial charge >= 0.3 is 0 Å². The second kappa shape index (κ2) is 5.36. The first kappa shape index (κ1) is 12.2. The van der Waals surface area contributed by atoms with Gasteiger partial charge in [-0.1, -0.05) is 29.3 Å². The van der Waals surface area contributed by atoms with Crippen LogP contribution in [0.5, 0.6) is 11.6 Å². The highest BCUT2D eigenvalue weighted by Crippen LogP contribution is 2.32. The van der Waals surface area contributed by atoms with Gasteiger partial charge in [-0.05, 0) is 29.8 Å². The van der Waals surface area contributed by atoms with Gasteiger partial charge in [0.15, 0.2) is 0 Å². The molecule has 0 saturated heterocycles. The van der Waals surface area contributed by atoms with E-state index < -0.39 is 0 Å². The van der Waals surface area contributed by atoms with E-state index in [2.05, 4.69) is 4.98 Å². The molecule has 0 radical (unpaired) electrons. The lowest BCUT2D eigenvalue weighted by atomic mass is 10.2. The Morgan fingerprint density at radius 1 is 1.18 bits per heavy atom. The molecular formula is C12H10Cl2N2O. The van der Waals surface area contributed by atoms with E-state index in [4.69, 9.17) is 33.7 Å². The lowest BCUT2D eigenvalue weighted by Gasteiger charge is -2.08. The average Bonchev–Trinajstić information content (AvgIpc) is 2.34. The van der Waals surface area contributed by atoms with Crippen LogP contribution in [0.25, 0.3) is 0 Å². The number of rotatable bonds is 3. The van der Waals surface area contributed by atoms with Gasteiger partial charge in [-0.3, -0.25) is 0 Å². The fourth-order valence-electron chi connectivity index (χ4n) is 1.30. The van der Waals surface area contributed by atoms with Crippen LogP contribution >= 0.6 is 23.2 Å². The lowest BCUT2D eigenvalue weighted by Crippen LogP contribution is -1.96. The molecule has 1 aromatic heterocycles. The van der Waals surface area contributed by atoms with Crippen LogP contribution in [0, 0.1) is 0 Å². The van der Waals surface area contributed by atoms with Crippen molar-refractivity contribution < 1.29 is 4.74 Å². The standard InChI is InChI=1S/C12H10Cl2N2O/c13-9-2-1-5-16-12(9)17-11-4-3-8(7-15)6-10(11)14/h1-6H,7,15H2. The van der Waals surface area contributed by atoms with Gasteiger partial charge in [0.1, 0.15) is 10.8 Å². The largest absolute Gasteiger partial charge is 0.436 e. The van der Waals surface area contributed by atoms with Crippen LogP contribution in [-0.4, -0.2) is 4.98 Å². The maximum Gasteiger partial charge on any atom is 0.238 e. The molecule has 2 aromatic rings. The van der Waals surface area contributed by atoms with Crippen LogP contribution in [-0.2, 0) is 6.54 Å². The Kier molecular flexibility index (Phi) is 3.84. The Balaban J connectivity index is 2.28. The zero-order chi connectivity index (χ0) is 12.3. The summed E-state index contributed by atoms with van der Waals surface area (Å²) < 4.78 is 5.52. The van der Waals surface area contributed by atoms with Gasteiger partial charge in [0.2, 0.25) is 5.88 Å². The summed E-state index contributed by atoms with van der Waals surface area (Å²) in [6.07, 6.45) is 1.60. The number of hydrogen-bond acceptors (Lipinski definition) is 3. The summed E-state index contributed by atoms with van der Waals surface area (Å²) in [5.74, 6) is 0.834. The molecule has 0 aliphatic rings. The van der Waals surface area contributed by atoms with Gasteiger partial charge in [0.25, 0.3) is 0 Å². The van der Waals surface area contributed by atoms with Gasteiger partial charge < -0.3 is 10.5 Å². The molecule has 0 aliphatic carbocycles. The quantitative estimate of drug-likeness (QED) is 0.925. The fourth-order valence-corrected chi connectivity index (χ4v) is 1.71. The van der Waals surface area contributed by atoms with E-state index in [0.717, 1.165) is 5.56 Å². The number of nitrogens with zero attached hydrogens (tertiary/aromatic N) is 1. The van der Waals surface area contributed by atoms with Crippen LogP contribution in [0.3, 0.4) is 0 Å². The number of ether oxygens (including phenoxy) is 1. The molecule has 0 aliphatic heterocycles. The number of hydrogen-bond donors (Lipinski definition) is 1. The molecule has 88 valence electrons. The highest BCUT2D eigenvalue weighted by atomic mass is 35.5. The van der Waals surface area contributed by atoms with Crippen molar-refractivity contribution in [3.8, 4) is 11.6 Å². The maximum atomic E-state index is 6.06. The van der Waals surface area contributed by atoms with Gasteiger partial charge in [-0.15, -0.1) is 0 Å². The molecule has 0 saturated carbocycles. The van der Waals surface area contributed by atoms with E-state index in [9.17, 15) is 0 Å². The van der Waals surface area contributed by atoms with Crippen LogP contribution in [0.15, 0.2) is 36.5 Å². The molecule has 1 aromatic carbocycles. The maximum absolute atomic E-state index is 6.06. The molecule has 2 rings (SSSR count). The van der Waals surface area contributed by atoms with Gasteiger partial charge in [-0.25, -0.2) is 4.98 Å². The molecule has 1 heterocycles. The van der Waals surface area contributed by atoms with E-state index in [1.807, 2.05) is 6.07 Å². The monoisotopic (exact) mass is 268 g/mol. The number of benzene rings is 1. The normalized spacial score (nSPS) is 10.3. The highest BCUT2D eigenvalue weighted by Gasteiger charge is 2.07. The first-order chi connectivity index (χ1) is 8.20. The van der Waals surface area contributed by atoms with Crippen LogP contribution in [0.2, 0.25) is 10.0 Å². The Hall–Kier alpha value is -1.29. The summed E-state index contributed by atoms with van der Waals surface area (Å²) >= 11 is 12.0. The van der Waals surface area contributed by atoms with Gasteiger partial charge in [0.05, 0.1) is 5.02 Å². The number of aromatic nitrogens is 1.